The van der Waals surface area contributed by atoms with Crippen molar-refractivity contribution < 1.29 is 13.9 Å². The van der Waals surface area contributed by atoms with Crippen LogP contribution in [-0.2, 0) is 9.53 Å². The summed E-state index contributed by atoms with van der Waals surface area (Å²) in [5, 5.41) is 3.41. The summed E-state index contributed by atoms with van der Waals surface area (Å²) in [7, 11) is 1.39. The number of rotatable bonds is 6. The molecule has 0 aliphatic carbocycles. The highest BCUT2D eigenvalue weighted by molar-refractivity contribution is 5.70. The molecule has 4 heteroatoms. The Morgan fingerprint density at radius 2 is 2.00 bits per heavy atom. The first-order valence-corrected chi connectivity index (χ1v) is 6.62. The summed E-state index contributed by atoms with van der Waals surface area (Å²) in [6.07, 6.45) is 1.84. The van der Waals surface area contributed by atoms with Crippen molar-refractivity contribution in [3.63, 3.8) is 0 Å². The molecule has 0 radical (unpaired) electrons. The Labute approximate surface area is 118 Å². The standard InChI is InChI=1S/C16H19NO3/c1-12(13-7-4-3-5-8-13)17-14(11-16(18)19-2)15-9-6-10-20-15/h3-10,12,14,17H,11H2,1-2H3/t12-,14+/m0/s1. The Bertz CT molecular complexity index is 522. The van der Waals surface area contributed by atoms with Gasteiger partial charge in [-0.3, -0.25) is 4.79 Å². The van der Waals surface area contributed by atoms with Crippen LogP contribution in [0, 0.1) is 0 Å². The molecular formula is C16H19NO3. The maximum Gasteiger partial charge on any atom is 0.307 e. The molecule has 0 fully saturated rings. The zero-order chi connectivity index (χ0) is 14.4. The Morgan fingerprint density at radius 3 is 2.60 bits per heavy atom. The van der Waals surface area contributed by atoms with Crippen LogP contribution in [0.1, 0.15) is 36.8 Å². The van der Waals surface area contributed by atoms with Crippen LogP contribution in [0.3, 0.4) is 0 Å². The molecule has 0 spiro atoms. The SMILES string of the molecule is COC(=O)C[C@@H](N[C@@H](C)c1ccccc1)c1ccco1. The largest absolute Gasteiger partial charge is 0.469 e. The minimum atomic E-state index is -0.265. The Hall–Kier alpha value is -2.07. The first-order chi connectivity index (χ1) is 9.70. The number of carbonyl (C=O) groups is 1. The van der Waals surface area contributed by atoms with Gasteiger partial charge in [0.15, 0.2) is 0 Å². The number of methoxy groups -OCH3 is 1. The first kappa shape index (κ1) is 14.3. The zero-order valence-corrected chi connectivity index (χ0v) is 11.7. The maximum absolute atomic E-state index is 11.5. The second-order valence-corrected chi connectivity index (χ2v) is 4.65. The molecule has 1 aromatic heterocycles. The molecule has 1 heterocycles. The second-order valence-electron chi connectivity index (χ2n) is 4.65. The van der Waals surface area contributed by atoms with Crippen molar-refractivity contribution in [3.05, 3.63) is 60.1 Å². The van der Waals surface area contributed by atoms with Crippen molar-refractivity contribution in [2.75, 3.05) is 7.11 Å². The van der Waals surface area contributed by atoms with Crippen LogP contribution < -0.4 is 5.32 Å². The molecule has 4 nitrogen and oxygen atoms in total. The van der Waals surface area contributed by atoms with E-state index in [0.29, 0.717) is 0 Å². The van der Waals surface area contributed by atoms with Gasteiger partial charge in [-0.05, 0) is 24.6 Å². The van der Waals surface area contributed by atoms with E-state index in [0.717, 1.165) is 11.3 Å². The highest BCUT2D eigenvalue weighted by Crippen LogP contribution is 2.23. The van der Waals surface area contributed by atoms with Crippen molar-refractivity contribution in [1.82, 2.24) is 5.32 Å². The van der Waals surface area contributed by atoms with E-state index in [4.69, 9.17) is 9.15 Å². The summed E-state index contributed by atoms with van der Waals surface area (Å²) in [5.74, 6) is 0.470. The fraction of sp³-hybridized carbons (Fsp3) is 0.312. The zero-order valence-electron chi connectivity index (χ0n) is 11.7. The number of nitrogens with one attached hydrogen (secondary N) is 1. The summed E-state index contributed by atoms with van der Waals surface area (Å²) in [6.45, 7) is 2.06. The average molecular weight is 273 g/mol. The highest BCUT2D eigenvalue weighted by Gasteiger charge is 2.21. The predicted molar refractivity (Wildman–Crippen MR) is 76.1 cm³/mol. The normalized spacial score (nSPS) is 13.7. The van der Waals surface area contributed by atoms with Crippen molar-refractivity contribution in [1.29, 1.82) is 0 Å². The number of furan rings is 1. The minimum absolute atomic E-state index is 0.107. The maximum atomic E-state index is 11.5. The monoisotopic (exact) mass is 273 g/mol. The molecule has 0 aliphatic heterocycles. The van der Waals surface area contributed by atoms with Crippen LogP contribution in [0.2, 0.25) is 0 Å². The number of esters is 1. The summed E-state index contributed by atoms with van der Waals surface area (Å²) in [5.41, 5.74) is 1.16. The summed E-state index contributed by atoms with van der Waals surface area (Å²) < 4.78 is 10.2. The minimum Gasteiger partial charge on any atom is -0.469 e. The molecule has 1 N–H and O–H groups in total. The van der Waals surface area contributed by atoms with E-state index in [9.17, 15) is 4.79 Å². The van der Waals surface area contributed by atoms with Gasteiger partial charge in [-0.1, -0.05) is 30.3 Å². The van der Waals surface area contributed by atoms with E-state index in [-0.39, 0.29) is 24.5 Å². The van der Waals surface area contributed by atoms with Crippen molar-refractivity contribution >= 4 is 5.97 Å². The summed E-state index contributed by atoms with van der Waals surface area (Å²) >= 11 is 0. The lowest BCUT2D eigenvalue weighted by molar-refractivity contribution is -0.141. The fourth-order valence-electron chi connectivity index (χ4n) is 2.12. The lowest BCUT2D eigenvalue weighted by atomic mass is 10.1. The number of ether oxygens (including phenoxy) is 1. The molecule has 0 bridgehead atoms. The van der Waals surface area contributed by atoms with Crippen LogP contribution in [0.25, 0.3) is 0 Å². The van der Waals surface area contributed by atoms with Gasteiger partial charge in [0.1, 0.15) is 5.76 Å². The molecule has 0 saturated heterocycles. The van der Waals surface area contributed by atoms with Crippen LogP contribution >= 0.6 is 0 Å². The number of benzene rings is 1. The molecule has 0 amide bonds. The van der Waals surface area contributed by atoms with Crippen molar-refractivity contribution in [2.24, 2.45) is 0 Å². The van der Waals surface area contributed by atoms with Gasteiger partial charge in [0.05, 0.1) is 25.8 Å². The molecule has 2 rings (SSSR count). The van der Waals surface area contributed by atoms with E-state index >= 15 is 0 Å². The Morgan fingerprint density at radius 1 is 1.25 bits per heavy atom. The Balaban J connectivity index is 2.09. The van der Waals surface area contributed by atoms with Crippen LogP contribution in [0.15, 0.2) is 53.1 Å². The van der Waals surface area contributed by atoms with Crippen LogP contribution in [0.5, 0.6) is 0 Å². The number of carbonyl (C=O) groups excluding carboxylic acids is 1. The Kier molecular flexibility index (Phi) is 4.96. The van der Waals surface area contributed by atoms with E-state index < -0.39 is 0 Å². The third-order valence-corrected chi connectivity index (χ3v) is 3.24. The summed E-state index contributed by atoms with van der Waals surface area (Å²) in [6, 6.07) is 13.7. The van der Waals surface area contributed by atoms with Gasteiger partial charge in [-0.2, -0.15) is 0 Å². The number of hydrogen-bond donors (Lipinski definition) is 1. The smallest absolute Gasteiger partial charge is 0.307 e. The van der Waals surface area contributed by atoms with E-state index in [1.54, 1.807) is 6.26 Å². The lowest BCUT2D eigenvalue weighted by Crippen LogP contribution is -2.26. The van der Waals surface area contributed by atoms with Gasteiger partial charge >= 0.3 is 5.97 Å². The topological polar surface area (TPSA) is 51.5 Å². The van der Waals surface area contributed by atoms with Crippen LogP contribution in [0.4, 0.5) is 0 Å². The lowest BCUT2D eigenvalue weighted by Gasteiger charge is -2.21. The van der Waals surface area contributed by atoms with Gasteiger partial charge in [0.2, 0.25) is 0 Å². The molecule has 0 aliphatic rings. The van der Waals surface area contributed by atoms with Gasteiger partial charge < -0.3 is 14.5 Å². The van der Waals surface area contributed by atoms with Crippen LogP contribution in [-0.4, -0.2) is 13.1 Å². The molecular weight excluding hydrogens is 254 g/mol. The highest BCUT2D eigenvalue weighted by atomic mass is 16.5. The van der Waals surface area contributed by atoms with Gasteiger partial charge in [-0.25, -0.2) is 0 Å². The van der Waals surface area contributed by atoms with Crippen molar-refractivity contribution in [3.8, 4) is 0 Å². The van der Waals surface area contributed by atoms with E-state index in [1.807, 2.05) is 30.3 Å². The number of hydrogen-bond acceptors (Lipinski definition) is 4. The van der Waals surface area contributed by atoms with E-state index in [2.05, 4.69) is 24.4 Å². The molecule has 2 atom stereocenters. The molecule has 2 aromatic rings. The van der Waals surface area contributed by atoms with Crippen molar-refractivity contribution in [2.45, 2.75) is 25.4 Å². The molecule has 1 aromatic carbocycles. The fourth-order valence-corrected chi connectivity index (χ4v) is 2.12. The third kappa shape index (κ3) is 3.71. The van der Waals surface area contributed by atoms with Gasteiger partial charge in [-0.15, -0.1) is 0 Å². The second kappa shape index (κ2) is 6.91. The molecule has 0 saturated carbocycles. The third-order valence-electron chi connectivity index (χ3n) is 3.24. The molecule has 20 heavy (non-hydrogen) atoms. The predicted octanol–water partition coefficient (Wildman–Crippen LogP) is 3.23. The molecule has 106 valence electrons. The summed E-state index contributed by atoms with van der Waals surface area (Å²) in [4.78, 5) is 11.5. The van der Waals surface area contributed by atoms with E-state index in [1.165, 1.54) is 7.11 Å². The van der Waals surface area contributed by atoms with Gasteiger partial charge in [0.25, 0.3) is 0 Å². The van der Waals surface area contributed by atoms with Gasteiger partial charge in [0, 0.05) is 6.04 Å². The quantitative estimate of drug-likeness (QED) is 0.821. The first-order valence-electron chi connectivity index (χ1n) is 6.62. The average Bonchev–Trinajstić information content (AvgIpc) is 3.01. The molecule has 0 unspecified atom stereocenters.